The molecule has 27 heavy (non-hydrogen) atoms. The van der Waals surface area contributed by atoms with Crippen LogP contribution in [0.25, 0.3) is 23.1 Å². The number of rotatable bonds is 3. The number of carbonyl (C=O) groups excluding carboxylic acids is 1. The Morgan fingerprint density at radius 1 is 1.11 bits per heavy atom. The zero-order valence-corrected chi connectivity index (χ0v) is 15.4. The van der Waals surface area contributed by atoms with Gasteiger partial charge in [0, 0.05) is 38.5 Å². The van der Waals surface area contributed by atoms with E-state index in [9.17, 15) is 4.79 Å². The van der Waals surface area contributed by atoms with Crippen LogP contribution in [0.2, 0.25) is 0 Å². The minimum absolute atomic E-state index is 0.133. The van der Waals surface area contributed by atoms with Gasteiger partial charge in [-0.25, -0.2) is 0 Å². The highest BCUT2D eigenvalue weighted by molar-refractivity contribution is 5.89. The van der Waals surface area contributed by atoms with Crippen molar-refractivity contribution in [1.29, 1.82) is 0 Å². The minimum Gasteiger partial charge on any atom is -0.397 e. The first-order chi connectivity index (χ1) is 13.1. The fraction of sp³-hybridized carbons (Fsp3) is 0.238. The Bertz CT molecular complexity index is 999. The number of fused-ring (bicyclic) bond motifs is 1. The normalized spacial score (nSPS) is 15.0. The topological polar surface area (TPSA) is 78.2 Å². The number of anilines is 2. The summed E-state index contributed by atoms with van der Waals surface area (Å²) in [5.41, 5.74) is 11.1. The lowest BCUT2D eigenvalue weighted by Gasteiger charge is -2.36. The number of amides is 1. The van der Waals surface area contributed by atoms with Crippen LogP contribution in [-0.4, -0.2) is 47.2 Å². The zero-order valence-electron chi connectivity index (χ0n) is 15.4. The lowest BCUT2D eigenvalue weighted by Crippen LogP contribution is -2.48. The second-order valence-electron chi connectivity index (χ2n) is 6.80. The van der Waals surface area contributed by atoms with Gasteiger partial charge in [0.1, 0.15) is 0 Å². The maximum Gasteiger partial charge on any atom is 0.219 e. The lowest BCUT2D eigenvalue weighted by atomic mass is 10.1. The summed E-state index contributed by atoms with van der Waals surface area (Å²) in [6, 6.07) is 14.2. The van der Waals surface area contributed by atoms with Crippen LogP contribution in [0.5, 0.6) is 0 Å². The Morgan fingerprint density at radius 3 is 2.63 bits per heavy atom. The first kappa shape index (κ1) is 17.1. The number of nitrogens with two attached hydrogens (primary N) is 1. The van der Waals surface area contributed by atoms with Gasteiger partial charge in [-0.05, 0) is 29.8 Å². The van der Waals surface area contributed by atoms with Gasteiger partial charge in [0.25, 0.3) is 0 Å². The lowest BCUT2D eigenvalue weighted by molar-refractivity contribution is -0.129. The molecular formula is C21H23N5O. The molecule has 0 saturated carbocycles. The number of nitrogens with zero attached hydrogens (tertiary/aromatic N) is 3. The van der Waals surface area contributed by atoms with Crippen LogP contribution in [-0.2, 0) is 4.79 Å². The smallest absolute Gasteiger partial charge is 0.219 e. The Kier molecular flexibility index (Phi) is 4.54. The van der Waals surface area contributed by atoms with Crippen LogP contribution in [0.15, 0.2) is 42.5 Å². The van der Waals surface area contributed by atoms with E-state index < -0.39 is 0 Å². The Labute approximate surface area is 158 Å². The van der Waals surface area contributed by atoms with Gasteiger partial charge in [-0.15, -0.1) is 0 Å². The summed E-state index contributed by atoms with van der Waals surface area (Å²) in [6.07, 6.45) is 4.02. The predicted molar refractivity (Wildman–Crippen MR) is 110 cm³/mol. The fourth-order valence-corrected chi connectivity index (χ4v) is 3.51. The monoisotopic (exact) mass is 361 g/mol. The van der Waals surface area contributed by atoms with Crippen molar-refractivity contribution in [3.8, 4) is 0 Å². The van der Waals surface area contributed by atoms with Crippen LogP contribution in [0, 0.1) is 0 Å². The van der Waals surface area contributed by atoms with Crippen LogP contribution < -0.4 is 10.6 Å². The number of aromatic amines is 1. The molecule has 6 heteroatoms. The number of hydrogen-bond donors (Lipinski definition) is 2. The molecule has 0 unspecified atom stereocenters. The van der Waals surface area contributed by atoms with Crippen molar-refractivity contribution >= 4 is 40.3 Å². The largest absolute Gasteiger partial charge is 0.397 e. The van der Waals surface area contributed by atoms with Gasteiger partial charge in [0.05, 0.1) is 22.6 Å². The van der Waals surface area contributed by atoms with E-state index in [2.05, 4.69) is 33.3 Å². The number of carbonyl (C=O) groups is 1. The molecule has 2 aromatic carbocycles. The van der Waals surface area contributed by atoms with E-state index in [4.69, 9.17) is 5.73 Å². The number of H-pyrrole nitrogens is 1. The minimum atomic E-state index is 0.133. The SMILES string of the molecule is CC(=O)N1CCN(c2ccc(/C=C/c3n[nH]c4ccccc34)cc2N)CC1. The van der Waals surface area contributed by atoms with Gasteiger partial charge in [-0.2, -0.15) is 5.10 Å². The first-order valence-electron chi connectivity index (χ1n) is 9.13. The number of hydrogen-bond acceptors (Lipinski definition) is 4. The van der Waals surface area contributed by atoms with Gasteiger partial charge in [0.15, 0.2) is 0 Å². The zero-order chi connectivity index (χ0) is 18.8. The van der Waals surface area contributed by atoms with E-state index in [-0.39, 0.29) is 5.91 Å². The summed E-state index contributed by atoms with van der Waals surface area (Å²) in [6.45, 7) is 4.70. The van der Waals surface area contributed by atoms with E-state index >= 15 is 0 Å². The summed E-state index contributed by atoms with van der Waals surface area (Å²) in [5, 5.41) is 8.50. The van der Waals surface area contributed by atoms with Crippen molar-refractivity contribution in [3.63, 3.8) is 0 Å². The van der Waals surface area contributed by atoms with Crippen molar-refractivity contribution in [1.82, 2.24) is 15.1 Å². The molecule has 1 aromatic heterocycles. The van der Waals surface area contributed by atoms with Crippen molar-refractivity contribution < 1.29 is 4.79 Å². The molecule has 0 atom stereocenters. The third kappa shape index (κ3) is 3.51. The van der Waals surface area contributed by atoms with Crippen LogP contribution in [0.4, 0.5) is 11.4 Å². The summed E-state index contributed by atoms with van der Waals surface area (Å²) < 4.78 is 0. The Hall–Kier alpha value is -3.28. The van der Waals surface area contributed by atoms with Crippen molar-refractivity contribution in [2.45, 2.75) is 6.92 Å². The van der Waals surface area contributed by atoms with Crippen LogP contribution >= 0.6 is 0 Å². The van der Waals surface area contributed by atoms with Crippen molar-refractivity contribution in [2.24, 2.45) is 0 Å². The molecular weight excluding hydrogens is 338 g/mol. The van der Waals surface area contributed by atoms with Gasteiger partial charge in [-0.1, -0.05) is 30.3 Å². The van der Waals surface area contributed by atoms with Gasteiger partial charge >= 0.3 is 0 Å². The average Bonchev–Trinajstić information content (AvgIpc) is 3.10. The summed E-state index contributed by atoms with van der Waals surface area (Å²) in [5.74, 6) is 0.133. The molecule has 2 heterocycles. The molecule has 0 bridgehead atoms. The first-order valence-corrected chi connectivity index (χ1v) is 9.13. The molecule has 3 aromatic rings. The molecule has 0 radical (unpaired) electrons. The van der Waals surface area contributed by atoms with E-state index in [0.717, 1.165) is 59.7 Å². The van der Waals surface area contributed by atoms with E-state index in [1.165, 1.54) is 0 Å². The van der Waals surface area contributed by atoms with Crippen molar-refractivity contribution in [3.05, 3.63) is 53.7 Å². The van der Waals surface area contributed by atoms with Gasteiger partial charge in [-0.3, -0.25) is 9.89 Å². The number of piperazine rings is 1. The molecule has 1 saturated heterocycles. The Balaban J connectivity index is 1.50. The van der Waals surface area contributed by atoms with Gasteiger partial charge < -0.3 is 15.5 Å². The molecule has 1 aliphatic rings. The standard InChI is InChI=1S/C21H23N5O/c1-15(27)25-10-12-26(13-11-25)21-9-7-16(14-18(21)22)6-8-20-17-4-2-3-5-19(17)23-24-20/h2-9,14H,10-13,22H2,1H3,(H,23,24)/b8-6+. The molecule has 0 aliphatic carbocycles. The summed E-state index contributed by atoms with van der Waals surface area (Å²) >= 11 is 0. The molecule has 1 amide bonds. The molecule has 0 spiro atoms. The number of benzene rings is 2. The maximum absolute atomic E-state index is 11.5. The van der Waals surface area contributed by atoms with Crippen molar-refractivity contribution in [2.75, 3.05) is 36.8 Å². The summed E-state index contributed by atoms with van der Waals surface area (Å²) in [7, 11) is 0. The second kappa shape index (κ2) is 7.15. The highest BCUT2D eigenvalue weighted by atomic mass is 16.2. The molecule has 3 N–H and O–H groups in total. The van der Waals surface area contributed by atoms with Gasteiger partial charge in [0.2, 0.25) is 5.91 Å². The third-order valence-electron chi connectivity index (χ3n) is 5.05. The third-order valence-corrected chi connectivity index (χ3v) is 5.05. The van der Waals surface area contributed by atoms with Crippen LogP contribution in [0.3, 0.4) is 0 Å². The molecule has 4 rings (SSSR count). The average molecular weight is 361 g/mol. The number of nitrogens with one attached hydrogen (secondary N) is 1. The second-order valence-corrected chi connectivity index (χ2v) is 6.80. The number of para-hydroxylation sites is 1. The molecule has 1 fully saturated rings. The predicted octanol–water partition coefficient (Wildman–Crippen LogP) is 2.98. The maximum atomic E-state index is 11.5. The van der Waals surface area contributed by atoms with E-state index in [1.807, 2.05) is 41.3 Å². The number of nitrogen functional groups attached to an aromatic ring is 1. The highest BCUT2D eigenvalue weighted by Crippen LogP contribution is 2.26. The number of aromatic nitrogens is 2. The van der Waals surface area contributed by atoms with E-state index in [1.54, 1.807) is 6.92 Å². The molecule has 6 nitrogen and oxygen atoms in total. The molecule has 138 valence electrons. The molecule has 1 aliphatic heterocycles. The summed E-state index contributed by atoms with van der Waals surface area (Å²) in [4.78, 5) is 15.6. The van der Waals surface area contributed by atoms with Crippen LogP contribution in [0.1, 0.15) is 18.2 Å². The Morgan fingerprint density at radius 2 is 1.89 bits per heavy atom. The van der Waals surface area contributed by atoms with E-state index in [0.29, 0.717) is 0 Å². The fourth-order valence-electron chi connectivity index (χ4n) is 3.51. The quantitative estimate of drug-likeness (QED) is 0.703. The highest BCUT2D eigenvalue weighted by Gasteiger charge is 2.20.